The van der Waals surface area contributed by atoms with Crippen molar-refractivity contribution >= 4 is 17.6 Å². The van der Waals surface area contributed by atoms with Crippen LogP contribution in [-0.2, 0) is 4.74 Å². The Morgan fingerprint density at radius 1 is 1.31 bits per heavy atom. The molecule has 1 saturated heterocycles. The average molecular weight is 356 g/mol. The van der Waals surface area contributed by atoms with Crippen LogP contribution in [0, 0.1) is 5.92 Å². The molecule has 3 unspecified atom stereocenters. The minimum atomic E-state index is -0.519. The topological polar surface area (TPSA) is 75.9 Å². The molecule has 1 aliphatic carbocycles. The molecule has 1 N–H and O–H groups in total. The number of ether oxygens (including phenoxy) is 1. The molecule has 4 rings (SSSR count). The summed E-state index contributed by atoms with van der Waals surface area (Å²) in [6, 6.07) is 5.85. The summed E-state index contributed by atoms with van der Waals surface area (Å²) in [6.07, 6.45) is 5.06. The summed E-state index contributed by atoms with van der Waals surface area (Å²) in [4.78, 5) is 31.2. The minimum absolute atomic E-state index is 0.0169. The molecule has 2 aliphatic rings. The van der Waals surface area contributed by atoms with Gasteiger partial charge in [-0.1, -0.05) is 6.07 Å². The van der Waals surface area contributed by atoms with Gasteiger partial charge in [0.2, 0.25) is 0 Å². The second-order valence-corrected chi connectivity index (χ2v) is 8.12. The molecule has 1 saturated carbocycles. The van der Waals surface area contributed by atoms with E-state index in [2.05, 4.69) is 10.3 Å². The van der Waals surface area contributed by atoms with Crippen LogP contribution in [0.1, 0.15) is 44.1 Å². The van der Waals surface area contributed by atoms with Crippen LogP contribution in [0.15, 0.2) is 30.6 Å². The van der Waals surface area contributed by atoms with Crippen LogP contribution in [0.3, 0.4) is 0 Å². The molecule has 0 bridgehead atoms. The molecule has 2 aromatic heterocycles. The highest BCUT2D eigenvalue weighted by molar-refractivity contribution is 5.93. The smallest absolute Gasteiger partial charge is 0.410 e. The van der Waals surface area contributed by atoms with Gasteiger partial charge in [-0.05, 0) is 51.7 Å². The van der Waals surface area contributed by atoms with Gasteiger partial charge in [0.05, 0.1) is 12.2 Å². The Hall–Kier alpha value is -2.57. The van der Waals surface area contributed by atoms with Crippen molar-refractivity contribution in [2.75, 3.05) is 6.54 Å². The molecule has 1 aliphatic heterocycles. The van der Waals surface area contributed by atoms with Crippen molar-refractivity contribution in [1.82, 2.24) is 19.6 Å². The number of aromatic nitrogens is 2. The third kappa shape index (κ3) is 3.13. The number of pyridine rings is 1. The van der Waals surface area contributed by atoms with Crippen LogP contribution in [0.2, 0.25) is 0 Å². The van der Waals surface area contributed by atoms with Gasteiger partial charge in [-0.15, -0.1) is 0 Å². The second-order valence-electron chi connectivity index (χ2n) is 8.12. The number of likely N-dealkylation sites (tertiary alicyclic amines) is 1. The number of hydrogen-bond acceptors (Lipinski definition) is 4. The molecule has 3 atom stereocenters. The Morgan fingerprint density at radius 3 is 2.88 bits per heavy atom. The number of fused-ring (bicyclic) bond motifs is 2. The van der Waals surface area contributed by atoms with E-state index in [1.165, 1.54) is 0 Å². The first-order valence-electron chi connectivity index (χ1n) is 9.05. The molecule has 7 nitrogen and oxygen atoms in total. The van der Waals surface area contributed by atoms with E-state index in [1.807, 2.05) is 50.1 Å². The van der Waals surface area contributed by atoms with Crippen LogP contribution < -0.4 is 5.32 Å². The number of carbonyl (C=O) groups is 2. The van der Waals surface area contributed by atoms with Crippen LogP contribution in [-0.4, -0.2) is 50.5 Å². The van der Waals surface area contributed by atoms with E-state index in [4.69, 9.17) is 4.74 Å². The summed E-state index contributed by atoms with van der Waals surface area (Å²) in [5.74, 6) is 0.355. The first-order chi connectivity index (χ1) is 12.3. The van der Waals surface area contributed by atoms with Crippen LogP contribution in [0.25, 0.3) is 5.65 Å². The number of rotatable bonds is 3. The Balaban J connectivity index is 1.42. The van der Waals surface area contributed by atoms with Gasteiger partial charge in [0, 0.05) is 18.8 Å². The Labute approximate surface area is 152 Å². The van der Waals surface area contributed by atoms with Gasteiger partial charge in [0.15, 0.2) is 0 Å². The number of hydrogen-bond donors (Lipinski definition) is 1. The highest BCUT2D eigenvalue weighted by atomic mass is 16.6. The maximum Gasteiger partial charge on any atom is 0.410 e. The number of carbonyl (C=O) groups excluding carboxylic acids is 2. The highest BCUT2D eigenvalue weighted by Crippen LogP contribution is 2.48. The lowest BCUT2D eigenvalue weighted by Crippen LogP contribution is -2.47. The number of piperidine rings is 1. The molecule has 138 valence electrons. The van der Waals surface area contributed by atoms with Gasteiger partial charge in [0.25, 0.3) is 5.91 Å². The molecule has 0 aromatic carbocycles. The SMILES string of the molecule is CC(C)(C)OC(=O)N1C(CNC(=O)c2cnc3ccccn23)CC2CC21. The predicted octanol–water partition coefficient (Wildman–Crippen LogP) is 2.46. The summed E-state index contributed by atoms with van der Waals surface area (Å²) in [5.41, 5.74) is 0.705. The van der Waals surface area contributed by atoms with E-state index in [9.17, 15) is 9.59 Å². The third-order valence-electron chi connectivity index (χ3n) is 4.96. The Bertz CT molecular complexity index is 854. The van der Waals surface area contributed by atoms with E-state index in [1.54, 1.807) is 10.6 Å². The molecular weight excluding hydrogens is 332 g/mol. The number of imidazole rings is 1. The molecule has 7 heteroatoms. The first kappa shape index (κ1) is 16.9. The van der Waals surface area contributed by atoms with Crippen molar-refractivity contribution in [1.29, 1.82) is 0 Å². The summed E-state index contributed by atoms with van der Waals surface area (Å²) in [6.45, 7) is 6.03. The molecule has 2 fully saturated rings. The van der Waals surface area contributed by atoms with E-state index in [-0.39, 0.29) is 24.1 Å². The lowest BCUT2D eigenvalue weighted by molar-refractivity contribution is 0.0183. The number of nitrogens with zero attached hydrogens (tertiary/aromatic N) is 3. The van der Waals surface area contributed by atoms with Gasteiger partial charge >= 0.3 is 6.09 Å². The third-order valence-corrected chi connectivity index (χ3v) is 4.96. The fourth-order valence-electron chi connectivity index (χ4n) is 3.74. The van der Waals surface area contributed by atoms with Crippen LogP contribution in [0.4, 0.5) is 4.79 Å². The predicted molar refractivity (Wildman–Crippen MR) is 95.9 cm³/mol. The van der Waals surface area contributed by atoms with Crippen molar-refractivity contribution in [3.8, 4) is 0 Å². The lowest BCUT2D eigenvalue weighted by atomic mass is 10.1. The first-order valence-corrected chi connectivity index (χ1v) is 9.05. The van der Waals surface area contributed by atoms with Crippen molar-refractivity contribution in [2.24, 2.45) is 5.92 Å². The van der Waals surface area contributed by atoms with Crippen molar-refractivity contribution in [3.63, 3.8) is 0 Å². The molecule has 3 heterocycles. The molecule has 0 radical (unpaired) electrons. The quantitative estimate of drug-likeness (QED) is 0.917. The maximum absolute atomic E-state index is 12.6. The molecular formula is C19H24N4O3. The largest absolute Gasteiger partial charge is 0.444 e. The normalized spacial score (nSPS) is 24.4. The molecule has 26 heavy (non-hydrogen) atoms. The summed E-state index contributed by atoms with van der Waals surface area (Å²) in [5, 5.41) is 2.96. The lowest BCUT2D eigenvalue weighted by Gasteiger charge is -2.30. The summed E-state index contributed by atoms with van der Waals surface area (Å²) >= 11 is 0. The standard InChI is InChI=1S/C19H24N4O3/c1-19(2,3)26-18(25)23-13(8-12-9-14(12)23)10-21-17(24)15-11-20-16-6-4-5-7-22(15)16/h4-7,11-14H,8-10H2,1-3H3,(H,21,24). The van der Waals surface area contributed by atoms with Crippen molar-refractivity contribution in [2.45, 2.75) is 51.3 Å². The summed E-state index contributed by atoms with van der Waals surface area (Å²) < 4.78 is 7.30. The number of nitrogens with one attached hydrogen (secondary N) is 1. The zero-order valence-corrected chi connectivity index (χ0v) is 15.3. The van der Waals surface area contributed by atoms with E-state index >= 15 is 0 Å². The van der Waals surface area contributed by atoms with Gasteiger partial charge in [-0.2, -0.15) is 0 Å². The Morgan fingerprint density at radius 2 is 2.12 bits per heavy atom. The van der Waals surface area contributed by atoms with Crippen molar-refractivity contribution in [3.05, 3.63) is 36.3 Å². The zero-order chi connectivity index (χ0) is 18.5. The maximum atomic E-state index is 12.6. The fraction of sp³-hybridized carbons (Fsp3) is 0.526. The fourth-order valence-corrected chi connectivity index (χ4v) is 3.74. The van der Waals surface area contributed by atoms with Crippen LogP contribution >= 0.6 is 0 Å². The summed E-state index contributed by atoms with van der Waals surface area (Å²) in [7, 11) is 0. The molecule has 2 aromatic rings. The monoisotopic (exact) mass is 356 g/mol. The molecule has 0 spiro atoms. The highest BCUT2D eigenvalue weighted by Gasteiger charge is 2.54. The average Bonchev–Trinajstić information content (AvgIpc) is 3.04. The second kappa shape index (κ2) is 6.00. The van der Waals surface area contributed by atoms with Crippen molar-refractivity contribution < 1.29 is 14.3 Å². The van der Waals surface area contributed by atoms with Gasteiger partial charge in [-0.3, -0.25) is 9.20 Å². The Kier molecular flexibility index (Phi) is 3.89. The van der Waals surface area contributed by atoms with Gasteiger partial charge in [0.1, 0.15) is 16.9 Å². The minimum Gasteiger partial charge on any atom is -0.444 e. The van der Waals surface area contributed by atoms with E-state index in [0.717, 1.165) is 18.5 Å². The van der Waals surface area contributed by atoms with Gasteiger partial charge < -0.3 is 15.0 Å². The molecule has 2 amide bonds. The van der Waals surface area contributed by atoms with E-state index in [0.29, 0.717) is 18.2 Å². The zero-order valence-electron chi connectivity index (χ0n) is 15.3. The van der Waals surface area contributed by atoms with Gasteiger partial charge in [-0.25, -0.2) is 9.78 Å². The van der Waals surface area contributed by atoms with E-state index < -0.39 is 5.60 Å². The van der Waals surface area contributed by atoms with Crippen LogP contribution in [0.5, 0.6) is 0 Å². The number of amides is 2.